The smallest absolute Gasteiger partial charge is 0.325 e. The molecule has 0 spiro atoms. The van der Waals surface area contributed by atoms with E-state index in [1.807, 2.05) is 12.1 Å². The summed E-state index contributed by atoms with van der Waals surface area (Å²) >= 11 is 0. The Balaban J connectivity index is 1.58. The first kappa shape index (κ1) is 13.7. The van der Waals surface area contributed by atoms with E-state index >= 15 is 0 Å². The zero-order chi connectivity index (χ0) is 15.0. The van der Waals surface area contributed by atoms with Crippen molar-refractivity contribution in [3.8, 4) is 0 Å². The number of nitrogens with zero attached hydrogens (tertiary/aromatic N) is 1. The minimum Gasteiger partial charge on any atom is -0.364 e. The van der Waals surface area contributed by atoms with Crippen LogP contribution in [0.15, 0.2) is 18.3 Å². The van der Waals surface area contributed by atoms with Crippen LogP contribution >= 0.6 is 0 Å². The van der Waals surface area contributed by atoms with Crippen LogP contribution in [0.2, 0.25) is 0 Å². The molecule has 0 bridgehead atoms. The topological polar surface area (TPSA) is 94.3 Å². The third-order valence-corrected chi connectivity index (χ3v) is 4.14. The number of aromatic nitrogens is 1. The summed E-state index contributed by atoms with van der Waals surface area (Å²) in [4.78, 5) is 40.1. The predicted octanol–water partition coefficient (Wildman–Crippen LogP) is 0.351. The van der Waals surface area contributed by atoms with Gasteiger partial charge in [-0.1, -0.05) is 0 Å². The van der Waals surface area contributed by atoms with E-state index in [4.69, 9.17) is 0 Å². The molecule has 1 aliphatic heterocycles. The highest BCUT2D eigenvalue weighted by molar-refractivity contribution is 6.09. The lowest BCUT2D eigenvalue weighted by Crippen LogP contribution is -2.46. The molecule has 3 N–H and O–H groups in total. The normalized spacial score (nSPS) is 25.1. The predicted molar refractivity (Wildman–Crippen MR) is 74.0 cm³/mol. The SMILES string of the molecule is CC1(C2CC2)NC(=O)N(CC(=O)NCc2ccc[nH]2)C1=O. The molecule has 1 saturated carbocycles. The number of urea groups is 1. The van der Waals surface area contributed by atoms with Crippen molar-refractivity contribution in [2.45, 2.75) is 31.8 Å². The molecule has 7 heteroatoms. The number of nitrogens with one attached hydrogen (secondary N) is 3. The van der Waals surface area contributed by atoms with Crippen molar-refractivity contribution in [2.75, 3.05) is 6.54 Å². The van der Waals surface area contributed by atoms with E-state index in [9.17, 15) is 14.4 Å². The molecule has 1 aromatic rings. The Bertz CT molecular complexity index is 579. The zero-order valence-corrected chi connectivity index (χ0v) is 11.8. The molecule has 3 rings (SSSR count). The van der Waals surface area contributed by atoms with Crippen molar-refractivity contribution in [1.29, 1.82) is 0 Å². The summed E-state index contributed by atoms with van der Waals surface area (Å²) < 4.78 is 0. The van der Waals surface area contributed by atoms with Crippen LogP contribution in [-0.4, -0.2) is 39.8 Å². The van der Waals surface area contributed by atoms with E-state index in [0.717, 1.165) is 23.4 Å². The van der Waals surface area contributed by atoms with Crippen molar-refractivity contribution in [3.63, 3.8) is 0 Å². The first-order valence-corrected chi connectivity index (χ1v) is 7.04. The Labute approximate surface area is 122 Å². The highest BCUT2D eigenvalue weighted by atomic mass is 16.2. The Morgan fingerprint density at radius 1 is 1.48 bits per heavy atom. The van der Waals surface area contributed by atoms with Gasteiger partial charge in [0, 0.05) is 11.9 Å². The number of imide groups is 1. The van der Waals surface area contributed by atoms with Crippen molar-refractivity contribution >= 4 is 17.8 Å². The molecule has 1 unspecified atom stereocenters. The molecule has 2 fully saturated rings. The summed E-state index contributed by atoms with van der Waals surface area (Å²) in [5.41, 5.74) is 0.0277. The second-order valence-electron chi connectivity index (χ2n) is 5.77. The lowest BCUT2D eigenvalue weighted by molar-refractivity contribution is -0.135. The molecular formula is C14H18N4O3. The quantitative estimate of drug-likeness (QED) is 0.683. The number of carbonyl (C=O) groups excluding carboxylic acids is 3. The van der Waals surface area contributed by atoms with Gasteiger partial charge in [-0.2, -0.15) is 0 Å². The van der Waals surface area contributed by atoms with E-state index in [1.54, 1.807) is 13.1 Å². The van der Waals surface area contributed by atoms with E-state index in [-0.39, 0.29) is 24.3 Å². The monoisotopic (exact) mass is 290 g/mol. The lowest BCUT2D eigenvalue weighted by atomic mass is 9.96. The molecule has 1 aliphatic carbocycles. The highest BCUT2D eigenvalue weighted by Gasteiger charge is 2.56. The van der Waals surface area contributed by atoms with Crippen LogP contribution < -0.4 is 10.6 Å². The molecule has 7 nitrogen and oxygen atoms in total. The van der Waals surface area contributed by atoms with Gasteiger partial charge in [0.2, 0.25) is 5.91 Å². The summed E-state index contributed by atoms with van der Waals surface area (Å²) in [7, 11) is 0. The first-order valence-electron chi connectivity index (χ1n) is 7.04. The fourth-order valence-corrected chi connectivity index (χ4v) is 2.67. The summed E-state index contributed by atoms with van der Waals surface area (Å²) in [5, 5.41) is 5.40. The molecule has 2 heterocycles. The summed E-state index contributed by atoms with van der Waals surface area (Å²) in [6.07, 6.45) is 3.64. The number of H-pyrrole nitrogens is 1. The third-order valence-electron chi connectivity index (χ3n) is 4.14. The van der Waals surface area contributed by atoms with Gasteiger partial charge in [0.05, 0.1) is 6.54 Å². The van der Waals surface area contributed by atoms with Crippen molar-refractivity contribution in [2.24, 2.45) is 5.92 Å². The average molecular weight is 290 g/mol. The number of rotatable bonds is 5. The third kappa shape index (κ3) is 2.51. The maximum Gasteiger partial charge on any atom is 0.325 e. The fourth-order valence-electron chi connectivity index (χ4n) is 2.67. The molecular weight excluding hydrogens is 272 g/mol. The molecule has 1 saturated heterocycles. The maximum atomic E-state index is 12.3. The Morgan fingerprint density at radius 3 is 2.86 bits per heavy atom. The van der Waals surface area contributed by atoms with Gasteiger partial charge in [-0.05, 0) is 37.8 Å². The van der Waals surface area contributed by atoms with Crippen LogP contribution in [0.3, 0.4) is 0 Å². The fraction of sp³-hybridized carbons (Fsp3) is 0.500. The number of hydrogen-bond donors (Lipinski definition) is 3. The van der Waals surface area contributed by atoms with E-state index in [0.29, 0.717) is 6.54 Å². The molecule has 21 heavy (non-hydrogen) atoms. The number of amides is 4. The van der Waals surface area contributed by atoms with Crippen LogP contribution in [0.4, 0.5) is 4.79 Å². The van der Waals surface area contributed by atoms with Gasteiger partial charge in [0.1, 0.15) is 12.1 Å². The Morgan fingerprint density at radius 2 is 2.24 bits per heavy atom. The lowest BCUT2D eigenvalue weighted by Gasteiger charge is -2.20. The number of hydrogen-bond acceptors (Lipinski definition) is 3. The van der Waals surface area contributed by atoms with E-state index in [1.165, 1.54) is 0 Å². The van der Waals surface area contributed by atoms with Gasteiger partial charge in [-0.25, -0.2) is 4.79 Å². The minimum absolute atomic E-state index is 0.195. The maximum absolute atomic E-state index is 12.3. The molecule has 4 amide bonds. The largest absolute Gasteiger partial charge is 0.364 e. The van der Waals surface area contributed by atoms with Gasteiger partial charge < -0.3 is 15.6 Å². The summed E-state index contributed by atoms with van der Waals surface area (Å²) in [6.45, 7) is 1.84. The van der Waals surface area contributed by atoms with Crippen LogP contribution in [0, 0.1) is 5.92 Å². The van der Waals surface area contributed by atoms with Crippen molar-refractivity contribution in [3.05, 3.63) is 24.0 Å². The number of carbonyl (C=O) groups is 3. The van der Waals surface area contributed by atoms with Crippen molar-refractivity contribution in [1.82, 2.24) is 20.5 Å². The van der Waals surface area contributed by atoms with Crippen LogP contribution in [0.25, 0.3) is 0 Å². The average Bonchev–Trinajstić information content (AvgIpc) is 3.14. The van der Waals surface area contributed by atoms with Crippen LogP contribution in [0.5, 0.6) is 0 Å². The van der Waals surface area contributed by atoms with Gasteiger partial charge in [-0.15, -0.1) is 0 Å². The van der Waals surface area contributed by atoms with Gasteiger partial charge >= 0.3 is 6.03 Å². The van der Waals surface area contributed by atoms with Crippen LogP contribution in [0.1, 0.15) is 25.5 Å². The van der Waals surface area contributed by atoms with E-state index < -0.39 is 11.6 Å². The molecule has 0 aromatic carbocycles. The Kier molecular flexibility index (Phi) is 3.19. The van der Waals surface area contributed by atoms with Gasteiger partial charge in [-0.3, -0.25) is 14.5 Å². The highest BCUT2D eigenvalue weighted by Crippen LogP contribution is 2.42. The first-order chi connectivity index (χ1) is 10.0. The van der Waals surface area contributed by atoms with Gasteiger partial charge in [0.15, 0.2) is 0 Å². The molecule has 0 radical (unpaired) electrons. The van der Waals surface area contributed by atoms with Crippen molar-refractivity contribution < 1.29 is 14.4 Å². The molecule has 1 atom stereocenters. The second-order valence-corrected chi connectivity index (χ2v) is 5.77. The zero-order valence-electron chi connectivity index (χ0n) is 11.8. The second kappa shape index (κ2) is 4.91. The van der Waals surface area contributed by atoms with Crippen LogP contribution in [-0.2, 0) is 16.1 Å². The summed E-state index contributed by atoms with van der Waals surface area (Å²) in [6, 6.07) is 3.20. The van der Waals surface area contributed by atoms with E-state index in [2.05, 4.69) is 15.6 Å². The molecule has 1 aromatic heterocycles. The Hall–Kier alpha value is -2.31. The molecule has 2 aliphatic rings. The van der Waals surface area contributed by atoms with Gasteiger partial charge in [0.25, 0.3) is 5.91 Å². The standard InChI is InChI=1S/C14H18N4O3/c1-14(9-4-5-9)12(20)18(13(21)17-14)8-11(19)16-7-10-3-2-6-15-10/h2-3,6,9,15H,4-5,7-8H2,1H3,(H,16,19)(H,17,21). The molecule has 112 valence electrons. The number of aromatic amines is 1. The minimum atomic E-state index is -0.836. The summed E-state index contributed by atoms with van der Waals surface area (Å²) in [5.74, 6) is -0.459.